The van der Waals surface area contributed by atoms with E-state index in [0.29, 0.717) is 40.3 Å². The number of imidazole rings is 1. The highest BCUT2D eigenvalue weighted by molar-refractivity contribution is 6.35. The molecule has 4 heterocycles. The minimum absolute atomic E-state index is 0.237. The zero-order valence-corrected chi connectivity index (χ0v) is 17.9. The normalized spacial score (nSPS) is 15.5. The molecule has 160 valence electrons. The van der Waals surface area contributed by atoms with Crippen molar-refractivity contribution in [3.8, 4) is 5.88 Å². The average Bonchev–Trinajstić information content (AvgIpc) is 3.46. The molecule has 1 atom stereocenters. The predicted molar refractivity (Wildman–Crippen MR) is 119 cm³/mol. The summed E-state index contributed by atoms with van der Waals surface area (Å²) in [5, 5.41) is 4.65. The first-order valence-corrected chi connectivity index (χ1v) is 10.8. The Hall–Kier alpha value is -3.04. The van der Waals surface area contributed by atoms with Gasteiger partial charge in [0.1, 0.15) is 18.5 Å². The number of halogens is 1. The van der Waals surface area contributed by atoms with E-state index in [4.69, 9.17) is 26.3 Å². The predicted octanol–water partition coefficient (Wildman–Crippen LogP) is 3.60. The number of hydrogen-bond donors (Lipinski definition) is 2. The molecular weight excluding hydrogens is 416 g/mol. The smallest absolute Gasteiger partial charge is 0.226 e. The van der Waals surface area contributed by atoms with Crippen molar-refractivity contribution in [2.45, 2.75) is 25.8 Å². The Bertz CT molecular complexity index is 1210. The van der Waals surface area contributed by atoms with Gasteiger partial charge in [-0.25, -0.2) is 19.9 Å². The number of rotatable bonds is 7. The molecule has 0 unspecified atom stereocenters. The Labute approximate surface area is 184 Å². The van der Waals surface area contributed by atoms with E-state index >= 15 is 0 Å². The van der Waals surface area contributed by atoms with Gasteiger partial charge in [-0.05, 0) is 45.0 Å². The van der Waals surface area contributed by atoms with Gasteiger partial charge < -0.3 is 15.0 Å². The van der Waals surface area contributed by atoms with Gasteiger partial charge >= 0.3 is 0 Å². The molecule has 1 fully saturated rings. The van der Waals surface area contributed by atoms with Gasteiger partial charge in [0.2, 0.25) is 5.88 Å². The van der Waals surface area contributed by atoms with Gasteiger partial charge in [0.15, 0.2) is 17.3 Å². The van der Waals surface area contributed by atoms with Crippen molar-refractivity contribution in [3.63, 3.8) is 0 Å². The van der Waals surface area contributed by atoms with E-state index in [1.807, 2.05) is 25.1 Å². The molecule has 3 aromatic heterocycles. The monoisotopic (exact) mass is 438 g/mol. The Morgan fingerprint density at radius 3 is 2.94 bits per heavy atom. The number of likely N-dealkylation sites (tertiary alicyclic amines) is 1. The van der Waals surface area contributed by atoms with Crippen LogP contribution in [0.5, 0.6) is 5.88 Å². The van der Waals surface area contributed by atoms with Crippen LogP contribution in [0, 0.1) is 0 Å². The first-order valence-electron chi connectivity index (χ1n) is 10.4. The summed E-state index contributed by atoms with van der Waals surface area (Å²) >= 11 is 6.47. The van der Waals surface area contributed by atoms with E-state index in [9.17, 15) is 0 Å². The van der Waals surface area contributed by atoms with Gasteiger partial charge in [0, 0.05) is 6.54 Å². The number of ether oxygens (including phenoxy) is 1. The largest absolute Gasteiger partial charge is 0.476 e. The minimum atomic E-state index is -0.237. The topological polar surface area (TPSA) is 105 Å². The molecule has 10 heteroatoms. The number of fused-ring (bicyclic) bond motifs is 2. The molecule has 1 aliphatic rings. The Morgan fingerprint density at radius 1 is 1.19 bits per heavy atom. The van der Waals surface area contributed by atoms with E-state index < -0.39 is 0 Å². The lowest BCUT2D eigenvalue weighted by Gasteiger charge is -2.18. The first-order chi connectivity index (χ1) is 15.2. The maximum atomic E-state index is 6.47. The molecule has 1 saturated heterocycles. The van der Waals surface area contributed by atoms with Crippen LogP contribution in [0.4, 0.5) is 5.82 Å². The van der Waals surface area contributed by atoms with Gasteiger partial charge in [0.05, 0.1) is 28.3 Å². The molecule has 31 heavy (non-hydrogen) atoms. The van der Waals surface area contributed by atoms with Gasteiger partial charge in [-0.3, -0.25) is 4.90 Å². The highest BCUT2D eigenvalue weighted by atomic mass is 35.5. The highest BCUT2D eigenvalue weighted by Crippen LogP contribution is 2.31. The Morgan fingerprint density at radius 2 is 2.06 bits per heavy atom. The van der Waals surface area contributed by atoms with Crippen molar-refractivity contribution in [2.24, 2.45) is 0 Å². The van der Waals surface area contributed by atoms with E-state index in [2.05, 4.69) is 30.2 Å². The Balaban J connectivity index is 1.43. The second-order valence-electron chi connectivity index (χ2n) is 7.61. The fourth-order valence-corrected chi connectivity index (χ4v) is 4.09. The summed E-state index contributed by atoms with van der Waals surface area (Å²) in [7, 11) is 0. The van der Waals surface area contributed by atoms with E-state index in [0.717, 1.165) is 30.5 Å². The zero-order valence-electron chi connectivity index (χ0n) is 17.2. The number of anilines is 1. The van der Waals surface area contributed by atoms with Crippen molar-refractivity contribution >= 4 is 39.5 Å². The number of aromatic amines is 1. The summed E-state index contributed by atoms with van der Waals surface area (Å²) in [6.07, 6.45) is 5.59. The van der Waals surface area contributed by atoms with Gasteiger partial charge in [0.25, 0.3) is 0 Å². The second-order valence-corrected chi connectivity index (χ2v) is 8.01. The van der Waals surface area contributed by atoms with Crippen LogP contribution < -0.4 is 10.1 Å². The standard InChI is InChI=1S/C21H23ClN8O/c1-13(27-20-17-19(24-11-23-17)25-12-26-20)18-28-15-6-4-5-14(22)16(15)21(29-18)31-10-9-30-7-2-3-8-30/h4-6,11-13H,2-3,7-10H2,1H3,(H2,23,24,25,26,27)/t13-/m0/s1. The number of nitrogens with zero attached hydrogens (tertiary/aromatic N) is 6. The van der Waals surface area contributed by atoms with Crippen LogP contribution in [0.15, 0.2) is 30.9 Å². The molecule has 0 bridgehead atoms. The van der Waals surface area contributed by atoms with Crippen LogP contribution in [0.2, 0.25) is 5.02 Å². The summed E-state index contributed by atoms with van der Waals surface area (Å²) in [5.74, 6) is 1.71. The maximum Gasteiger partial charge on any atom is 0.226 e. The lowest BCUT2D eigenvalue weighted by Crippen LogP contribution is -2.25. The maximum absolute atomic E-state index is 6.47. The summed E-state index contributed by atoms with van der Waals surface area (Å²) < 4.78 is 6.11. The van der Waals surface area contributed by atoms with E-state index in [1.54, 1.807) is 6.33 Å². The van der Waals surface area contributed by atoms with Gasteiger partial charge in [-0.1, -0.05) is 17.7 Å². The van der Waals surface area contributed by atoms with Crippen LogP contribution in [-0.2, 0) is 0 Å². The molecule has 0 spiro atoms. The summed E-state index contributed by atoms with van der Waals surface area (Å²) in [4.78, 5) is 27.6. The van der Waals surface area contributed by atoms with E-state index in [1.165, 1.54) is 19.2 Å². The summed E-state index contributed by atoms with van der Waals surface area (Å²) in [6, 6.07) is 5.39. The van der Waals surface area contributed by atoms with Crippen molar-refractivity contribution in [2.75, 3.05) is 31.6 Å². The van der Waals surface area contributed by atoms with Crippen LogP contribution in [0.25, 0.3) is 22.1 Å². The molecule has 5 rings (SSSR count). The second kappa shape index (κ2) is 8.60. The molecule has 0 aliphatic carbocycles. The summed E-state index contributed by atoms with van der Waals surface area (Å²) in [5.41, 5.74) is 2.08. The molecule has 0 amide bonds. The third-order valence-corrected chi connectivity index (χ3v) is 5.77. The van der Waals surface area contributed by atoms with Gasteiger partial charge in [-0.15, -0.1) is 0 Å². The van der Waals surface area contributed by atoms with Crippen LogP contribution >= 0.6 is 11.6 Å². The number of aromatic nitrogens is 6. The third kappa shape index (κ3) is 4.11. The van der Waals surface area contributed by atoms with Crippen molar-refractivity contribution in [1.29, 1.82) is 0 Å². The lowest BCUT2D eigenvalue weighted by molar-refractivity contribution is 0.233. The van der Waals surface area contributed by atoms with Gasteiger partial charge in [-0.2, -0.15) is 4.98 Å². The first kappa shape index (κ1) is 19.9. The quantitative estimate of drug-likeness (QED) is 0.451. The number of benzene rings is 1. The van der Waals surface area contributed by atoms with Crippen molar-refractivity contribution in [3.05, 3.63) is 41.7 Å². The zero-order chi connectivity index (χ0) is 21.2. The fourth-order valence-electron chi connectivity index (χ4n) is 3.84. The minimum Gasteiger partial charge on any atom is -0.476 e. The molecule has 1 aromatic carbocycles. The molecule has 9 nitrogen and oxygen atoms in total. The molecule has 4 aromatic rings. The Kier molecular flexibility index (Phi) is 5.52. The highest BCUT2D eigenvalue weighted by Gasteiger charge is 2.19. The van der Waals surface area contributed by atoms with Crippen LogP contribution in [-0.4, -0.2) is 61.0 Å². The van der Waals surface area contributed by atoms with Crippen LogP contribution in [0.1, 0.15) is 31.6 Å². The molecular formula is C21H23ClN8O. The molecule has 0 saturated carbocycles. The van der Waals surface area contributed by atoms with E-state index in [-0.39, 0.29) is 6.04 Å². The lowest BCUT2D eigenvalue weighted by atomic mass is 10.2. The molecule has 0 radical (unpaired) electrons. The number of hydrogen-bond acceptors (Lipinski definition) is 8. The average molecular weight is 439 g/mol. The van der Waals surface area contributed by atoms with Crippen molar-refractivity contribution < 1.29 is 4.74 Å². The summed E-state index contributed by atoms with van der Waals surface area (Å²) in [6.45, 7) is 5.65. The number of H-pyrrole nitrogens is 1. The van der Waals surface area contributed by atoms with Crippen LogP contribution in [0.3, 0.4) is 0 Å². The molecule has 1 aliphatic heterocycles. The SMILES string of the molecule is C[C@H](Nc1ncnc2[nH]cnc12)c1nc(OCCN2CCCC2)c2c(Cl)cccc2n1. The fraction of sp³-hybridized carbons (Fsp3) is 0.381. The van der Waals surface area contributed by atoms with Crippen molar-refractivity contribution in [1.82, 2.24) is 34.8 Å². The third-order valence-electron chi connectivity index (χ3n) is 5.46. The number of nitrogens with one attached hydrogen (secondary N) is 2. The molecule has 2 N–H and O–H groups in total.